The largest absolute Gasteiger partial charge is 0.376 e. The number of nitrogens with zero attached hydrogens (tertiary/aromatic N) is 4. The molecular weight excluding hydrogens is 400 g/mol. The van der Waals surface area contributed by atoms with Gasteiger partial charge in [0, 0.05) is 12.2 Å². The van der Waals surface area contributed by atoms with Crippen LogP contribution in [0, 0.1) is 0 Å². The Morgan fingerprint density at radius 1 is 1.07 bits per heavy atom. The van der Waals surface area contributed by atoms with Gasteiger partial charge in [0.1, 0.15) is 0 Å². The second-order valence-electron chi connectivity index (χ2n) is 7.13. The van der Waals surface area contributed by atoms with Crippen molar-refractivity contribution in [3.8, 4) is 11.4 Å². The molecule has 7 nitrogen and oxygen atoms in total. The average molecular weight is 420 g/mol. The van der Waals surface area contributed by atoms with E-state index in [4.69, 9.17) is 14.2 Å². The normalized spacial score (nSPS) is 16.3. The van der Waals surface area contributed by atoms with Crippen LogP contribution in [0.2, 0.25) is 0 Å². The van der Waals surface area contributed by atoms with Crippen LogP contribution < -0.4 is 5.56 Å². The van der Waals surface area contributed by atoms with Gasteiger partial charge in [0.2, 0.25) is 11.7 Å². The molecule has 1 unspecified atom stereocenters. The fraction of sp³-hybridized carbons (Fsp3) is 0.273. The summed E-state index contributed by atoms with van der Waals surface area (Å²) in [5.74, 6) is 1.47. The molecule has 0 N–H and O–H groups in total. The summed E-state index contributed by atoms with van der Waals surface area (Å²) in [5.41, 5.74) is 1.54. The van der Waals surface area contributed by atoms with Gasteiger partial charge in [-0.3, -0.25) is 9.36 Å². The molecule has 1 aliphatic heterocycles. The Morgan fingerprint density at radius 2 is 1.90 bits per heavy atom. The molecule has 3 heterocycles. The third-order valence-electron chi connectivity index (χ3n) is 5.06. The Labute approximate surface area is 177 Å². The van der Waals surface area contributed by atoms with E-state index in [0.29, 0.717) is 40.1 Å². The summed E-state index contributed by atoms with van der Waals surface area (Å²) in [7, 11) is 0. The first-order chi connectivity index (χ1) is 14.8. The molecule has 2 aromatic heterocycles. The van der Waals surface area contributed by atoms with E-state index in [1.165, 1.54) is 11.8 Å². The van der Waals surface area contributed by atoms with E-state index in [0.717, 1.165) is 25.0 Å². The molecular formula is C22H20N4O3S. The minimum atomic E-state index is -0.0471. The highest BCUT2D eigenvalue weighted by Crippen LogP contribution is 2.24. The standard InChI is InChI=1S/C22H20N4O3S/c27-21-17-10-4-5-11-18(17)23-22(26(21)13-16-9-6-12-28-16)30-14-19-24-20(25-29-19)15-7-2-1-3-8-15/h1-5,7-8,10-11,16H,6,9,12-14H2. The number of rotatable bonds is 6. The number of ether oxygens (including phenoxy) is 1. The quantitative estimate of drug-likeness (QED) is 0.345. The van der Waals surface area contributed by atoms with Crippen LogP contribution in [0.5, 0.6) is 0 Å². The number of para-hydroxylation sites is 1. The zero-order valence-electron chi connectivity index (χ0n) is 16.2. The Hall–Kier alpha value is -2.97. The van der Waals surface area contributed by atoms with Crippen LogP contribution in [0.1, 0.15) is 18.7 Å². The van der Waals surface area contributed by atoms with Crippen molar-refractivity contribution in [1.29, 1.82) is 0 Å². The molecule has 1 fully saturated rings. The van der Waals surface area contributed by atoms with E-state index in [-0.39, 0.29) is 11.7 Å². The minimum absolute atomic E-state index is 0.0399. The van der Waals surface area contributed by atoms with Crippen molar-refractivity contribution in [1.82, 2.24) is 19.7 Å². The number of aromatic nitrogens is 4. The molecule has 1 saturated heterocycles. The molecule has 1 aliphatic rings. The Balaban J connectivity index is 1.43. The predicted octanol–water partition coefficient (Wildman–Crippen LogP) is 3.92. The summed E-state index contributed by atoms with van der Waals surface area (Å²) in [6.45, 7) is 1.24. The van der Waals surface area contributed by atoms with E-state index in [1.807, 2.05) is 54.6 Å². The van der Waals surface area contributed by atoms with Gasteiger partial charge in [-0.25, -0.2) is 4.98 Å². The molecule has 8 heteroatoms. The lowest BCUT2D eigenvalue weighted by Gasteiger charge is -2.16. The van der Waals surface area contributed by atoms with E-state index in [2.05, 4.69) is 10.1 Å². The number of hydrogen-bond donors (Lipinski definition) is 0. The van der Waals surface area contributed by atoms with Crippen molar-refractivity contribution < 1.29 is 9.26 Å². The topological polar surface area (TPSA) is 83.0 Å². The lowest BCUT2D eigenvalue weighted by molar-refractivity contribution is 0.0937. The number of benzene rings is 2. The summed E-state index contributed by atoms with van der Waals surface area (Å²) in [6, 6.07) is 17.1. The maximum Gasteiger partial charge on any atom is 0.262 e. The van der Waals surface area contributed by atoms with Crippen LogP contribution in [0.25, 0.3) is 22.3 Å². The third kappa shape index (κ3) is 3.88. The molecule has 0 aliphatic carbocycles. The summed E-state index contributed by atoms with van der Waals surface area (Å²) in [4.78, 5) is 22.4. The first kappa shape index (κ1) is 19.0. The first-order valence-electron chi connectivity index (χ1n) is 9.90. The van der Waals surface area contributed by atoms with Crippen LogP contribution in [0.15, 0.2) is 69.1 Å². The van der Waals surface area contributed by atoms with Gasteiger partial charge in [-0.1, -0.05) is 59.4 Å². The smallest absolute Gasteiger partial charge is 0.262 e. The Morgan fingerprint density at radius 3 is 2.73 bits per heavy atom. The van der Waals surface area contributed by atoms with Crippen LogP contribution >= 0.6 is 11.8 Å². The van der Waals surface area contributed by atoms with Gasteiger partial charge in [0.15, 0.2) is 5.16 Å². The summed E-state index contributed by atoms with van der Waals surface area (Å²) >= 11 is 1.42. The summed E-state index contributed by atoms with van der Waals surface area (Å²) in [5, 5.41) is 5.31. The van der Waals surface area contributed by atoms with E-state index in [9.17, 15) is 4.79 Å². The van der Waals surface area contributed by atoms with Crippen molar-refractivity contribution in [2.24, 2.45) is 0 Å². The highest BCUT2D eigenvalue weighted by Gasteiger charge is 2.21. The molecule has 0 saturated carbocycles. The Kier molecular flexibility index (Phi) is 5.33. The molecule has 30 heavy (non-hydrogen) atoms. The summed E-state index contributed by atoms with van der Waals surface area (Å²) in [6.07, 6.45) is 2.01. The lowest BCUT2D eigenvalue weighted by atomic mass is 10.2. The van der Waals surface area contributed by atoms with Crippen LogP contribution in [-0.2, 0) is 17.0 Å². The van der Waals surface area contributed by atoms with Crippen LogP contribution in [-0.4, -0.2) is 32.4 Å². The van der Waals surface area contributed by atoms with Crippen molar-refractivity contribution >= 4 is 22.7 Å². The zero-order chi connectivity index (χ0) is 20.3. The lowest BCUT2D eigenvalue weighted by Crippen LogP contribution is -2.28. The second kappa shape index (κ2) is 8.41. The van der Waals surface area contributed by atoms with Gasteiger partial charge in [-0.05, 0) is 25.0 Å². The fourth-order valence-electron chi connectivity index (χ4n) is 3.56. The van der Waals surface area contributed by atoms with E-state index < -0.39 is 0 Å². The van der Waals surface area contributed by atoms with Gasteiger partial charge in [0.25, 0.3) is 5.56 Å². The molecule has 152 valence electrons. The SMILES string of the molecule is O=c1c2ccccc2nc(SCc2nc(-c3ccccc3)no2)n1CC1CCCO1. The summed E-state index contributed by atoms with van der Waals surface area (Å²) < 4.78 is 12.9. The maximum absolute atomic E-state index is 13.1. The molecule has 0 amide bonds. The van der Waals surface area contributed by atoms with Crippen molar-refractivity contribution in [3.05, 3.63) is 70.8 Å². The van der Waals surface area contributed by atoms with Crippen LogP contribution in [0.3, 0.4) is 0 Å². The van der Waals surface area contributed by atoms with E-state index in [1.54, 1.807) is 4.57 Å². The molecule has 4 aromatic rings. The maximum atomic E-state index is 13.1. The number of hydrogen-bond acceptors (Lipinski definition) is 7. The van der Waals surface area contributed by atoms with Gasteiger partial charge in [-0.2, -0.15) is 4.98 Å². The van der Waals surface area contributed by atoms with Gasteiger partial charge < -0.3 is 9.26 Å². The van der Waals surface area contributed by atoms with Crippen molar-refractivity contribution in [2.75, 3.05) is 6.61 Å². The molecule has 0 bridgehead atoms. The molecule has 5 rings (SSSR count). The fourth-order valence-corrected chi connectivity index (χ4v) is 4.40. The van der Waals surface area contributed by atoms with Crippen LogP contribution in [0.4, 0.5) is 0 Å². The highest BCUT2D eigenvalue weighted by atomic mass is 32.2. The van der Waals surface area contributed by atoms with Gasteiger partial charge in [0.05, 0.1) is 29.3 Å². The average Bonchev–Trinajstić information content (AvgIpc) is 3.47. The molecule has 1 atom stereocenters. The Bertz CT molecular complexity index is 1220. The van der Waals surface area contributed by atoms with Crippen molar-refractivity contribution in [2.45, 2.75) is 36.4 Å². The molecule has 0 spiro atoms. The monoisotopic (exact) mass is 420 g/mol. The zero-order valence-corrected chi connectivity index (χ0v) is 17.0. The number of fused-ring (bicyclic) bond motifs is 1. The third-order valence-corrected chi connectivity index (χ3v) is 6.02. The van der Waals surface area contributed by atoms with Gasteiger partial charge in [-0.15, -0.1) is 0 Å². The van der Waals surface area contributed by atoms with E-state index >= 15 is 0 Å². The van der Waals surface area contributed by atoms with Gasteiger partial charge >= 0.3 is 0 Å². The minimum Gasteiger partial charge on any atom is -0.376 e. The first-order valence-corrected chi connectivity index (χ1v) is 10.9. The van der Waals surface area contributed by atoms with Crippen molar-refractivity contribution in [3.63, 3.8) is 0 Å². The highest BCUT2D eigenvalue weighted by molar-refractivity contribution is 7.98. The molecule has 0 radical (unpaired) electrons. The molecule has 2 aromatic carbocycles. The number of thioether (sulfide) groups is 1. The second-order valence-corrected chi connectivity index (χ2v) is 8.07. The predicted molar refractivity (Wildman–Crippen MR) is 114 cm³/mol.